The standard InChI is InChI=1S/C6H16BOP/c1-5(8-2)6(7)3-4-9/h5-6H,3-4,7,9H2,1-2H3. The van der Waals surface area contributed by atoms with Crippen LogP contribution in [0.4, 0.5) is 0 Å². The molecule has 0 N–H and O–H groups in total. The molecule has 0 aliphatic heterocycles. The second-order valence-electron chi connectivity index (χ2n) is 2.50. The van der Waals surface area contributed by atoms with Gasteiger partial charge in [-0.25, -0.2) is 0 Å². The fraction of sp³-hybridized carbons (Fsp3) is 1.00. The third kappa shape index (κ3) is 3.94. The first-order valence-electron chi connectivity index (χ1n) is 3.45. The van der Waals surface area contributed by atoms with Gasteiger partial charge in [-0.3, -0.25) is 0 Å². The van der Waals surface area contributed by atoms with Gasteiger partial charge in [0.05, 0.1) is 6.10 Å². The lowest BCUT2D eigenvalue weighted by Crippen LogP contribution is -2.14. The first-order valence-corrected chi connectivity index (χ1v) is 4.26. The van der Waals surface area contributed by atoms with Gasteiger partial charge in [-0.1, -0.05) is 6.42 Å². The third-order valence-electron chi connectivity index (χ3n) is 1.80. The molecule has 0 radical (unpaired) electrons. The van der Waals surface area contributed by atoms with Gasteiger partial charge in [-0.15, -0.1) is 9.24 Å². The van der Waals surface area contributed by atoms with Gasteiger partial charge in [0, 0.05) is 7.11 Å². The van der Waals surface area contributed by atoms with Gasteiger partial charge >= 0.3 is 0 Å². The average molecular weight is 146 g/mol. The number of ether oxygens (including phenoxy) is 1. The Kier molecular flexibility index (Phi) is 5.52. The minimum atomic E-state index is 0.408. The van der Waals surface area contributed by atoms with Crippen LogP contribution in [0.1, 0.15) is 13.3 Å². The van der Waals surface area contributed by atoms with Crippen molar-refractivity contribution in [1.82, 2.24) is 0 Å². The van der Waals surface area contributed by atoms with E-state index in [0.717, 1.165) is 0 Å². The second-order valence-corrected chi connectivity index (χ2v) is 3.07. The van der Waals surface area contributed by atoms with E-state index in [4.69, 9.17) is 4.74 Å². The largest absolute Gasteiger partial charge is 0.382 e. The van der Waals surface area contributed by atoms with Crippen LogP contribution in [0.15, 0.2) is 0 Å². The molecule has 1 nitrogen and oxygen atoms in total. The zero-order valence-corrected chi connectivity index (χ0v) is 7.71. The van der Waals surface area contributed by atoms with Crippen LogP contribution in [0.2, 0.25) is 5.82 Å². The predicted octanol–water partition coefficient (Wildman–Crippen LogP) is 0.708. The number of hydrogen-bond acceptors (Lipinski definition) is 1. The van der Waals surface area contributed by atoms with Crippen LogP contribution in [-0.4, -0.2) is 27.2 Å². The summed E-state index contributed by atoms with van der Waals surface area (Å²) in [6, 6.07) is 0. The quantitative estimate of drug-likeness (QED) is 0.419. The van der Waals surface area contributed by atoms with Crippen molar-refractivity contribution in [2.75, 3.05) is 13.3 Å². The van der Waals surface area contributed by atoms with Crippen molar-refractivity contribution in [3.63, 3.8) is 0 Å². The Balaban J connectivity index is 3.32. The Morgan fingerprint density at radius 2 is 2.22 bits per heavy atom. The van der Waals surface area contributed by atoms with Gasteiger partial charge in [-0.2, -0.15) is 0 Å². The van der Waals surface area contributed by atoms with Crippen molar-refractivity contribution >= 4 is 17.1 Å². The molecule has 0 rings (SSSR count). The Morgan fingerprint density at radius 1 is 1.67 bits per heavy atom. The zero-order chi connectivity index (χ0) is 7.28. The molecule has 0 heterocycles. The first kappa shape index (κ1) is 9.45. The van der Waals surface area contributed by atoms with Crippen molar-refractivity contribution < 1.29 is 4.74 Å². The Labute approximate surface area is 61.2 Å². The van der Waals surface area contributed by atoms with Crippen molar-refractivity contribution in [2.24, 2.45) is 0 Å². The fourth-order valence-electron chi connectivity index (χ4n) is 0.730. The normalized spacial score (nSPS) is 17.2. The van der Waals surface area contributed by atoms with Crippen LogP contribution in [0.3, 0.4) is 0 Å². The molecular weight excluding hydrogens is 130 g/mol. The minimum absolute atomic E-state index is 0.408. The summed E-state index contributed by atoms with van der Waals surface area (Å²) in [5.74, 6) is 0.687. The van der Waals surface area contributed by atoms with E-state index in [0.29, 0.717) is 11.9 Å². The van der Waals surface area contributed by atoms with E-state index >= 15 is 0 Å². The van der Waals surface area contributed by atoms with Crippen LogP contribution in [-0.2, 0) is 4.74 Å². The molecule has 0 aromatic carbocycles. The molecule has 3 heteroatoms. The summed E-state index contributed by atoms with van der Waals surface area (Å²) >= 11 is 0. The van der Waals surface area contributed by atoms with E-state index in [9.17, 15) is 0 Å². The zero-order valence-electron chi connectivity index (χ0n) is 6.55. The molecule has 0 aliphatic rings. The molecule has 0 amide bonds. The molecule has 0 aliphatic carbocycles. The van der Waals surface area contributed by atoms with Crippen LogP contribution in [0.25, 0.3) is 0 Å². The Hall–Kier alpha value is 0.455. The predicted molar refractivity (Wildman–Crippen MR) is 48.0 cm³/mol. The Bertz CT molecular complexity index is 70.1. The summed E-state index contributed by atoms with van der Waals surface area (Å²) in [5.41, 5.74) is 0. The smallest absolute Gasteiger partial charge is 0.108 e. The maximum atomic E-state index is 5.16. The maximum absolute atomic E-state index is 5.16. The molecule has 0 aromatic heterocycles. The van der Waals surface area contributed by atoms with Gasteiger partial charge in [0.15, 0.2) is 0 Å². The highest BCUT2D eigenvalue weighted by Crippen LogP contribution is 2.14. The number of hydrogen-bond donors (Lipinski definition) is 0. The molecule has 54 valence electrons. The summed E-state index contributed by atoms with van der Waals surface area (Å²) < 4.78 is 5.16. The average Bonchev–Trinajstić information content (AvgIpc) is 1.87. The lowest BCUT2D eigenvalue weighted by molar-refractivity contribution is 0.111. The first-order chi connectivity index (χ1) is 4.22. The molecule has 3 unspecified atom stereocenters. The van der Waals surface area contributed by atoms with E-state index in [1.165, 1.54) is 12.6 Å². The highest BCUT2D eigenvalue weighted by Gasteiger charge is 2.08. The molecule has 9 heavy (non-hydrogen) atoms. The highest BCUT2D eigenvalue weighted by molar-refractivity contribution is 7.16. The molecule has 0 fully saturated rings. The molecular formula is C6H16BOP. The van der Waals surface area contributed by atoms with E-state index in [1.54, 1.807) is 7.11 Å². The molecule has 3 atom stereocenters. The molecule has 0 aromatic rings. The van der Waals surface area contributed by atoms with Crippen LogP contribution in [0, 0.1) is 0 Å². The van der Waals surface area contributed by atoms with Gasteiger partial charge in [-0.05, 0) is 18.9 Å². The molecule has 0 bridgehead atoms. The third-order valence-corrected chi connectivity index (χ3v) is 2.13. The highest BCUT2D eigenvalue weighted by atomic mass is 31.0. The summed E-state index contributed by atoms with van der Waals surface area (Å²) in [7, 11) is 6.72. The van der Waals surface area contributed by atoms with Gasteiger partial charge in [0.1, 0.15) is 7.85 Å². The number of methoxy groups -OCH3 is 1. The molecule has 0 spiro atoms. The van der Waals surface area contributed by atoms with Crippen molar-refractivity contribution in [1.29, 1.82) is 0 Å². The molecule has 0 saturated heterocycles. The van der Waals surface area contributed by atoms with Crippen LogP contribution in [0.5, 0.6) is 0 Å². The van der Waals surface area contributed by atoms with Crippen molar-refractivity contribution in [2.45, 2.75) is 25.3 Å². The van der Waals surface area contributed by atoms with Crippen molar-refractivity contribution in [3.05, 3.63) is 0 Å². The van der Waals surface area contributed by atoms with E-state index < -0.39 is 0 Å². The lowest BCUT2D eigenvalue weighted by atomic mass is 9.81. The second kappa shape index (κ2) is 5.26. The van der Waals surface area contributed by atoms with Crippen molar-refractivity contribution in [3.8, 4) is 0 Å². The van der Waals surface area contributed by atoms with Crippen LogP contribution >= 0.6 is 9.24 Å². The lowest BCUT2D eigenvalue weighted by Gasteiger charge is -2.16. The van der Waals surface area contributed by atoms with Gasteiger partial charge < -0.3 is 4.74 Å². The monoisotopic (exact) mass is 146 g/mol. The number of rotatable bonds is 4. The minimum Gasteiger partial charge on any atom is -0.382 e. The van der Waals surface area contributed by atoms with E-state index in [1.807, 2.05) is 0 Å². The molecule has 0 saturated carbocycles. The van der Waals surface area contributed by atoms with Gasteiger partial charge in [0.2, 0.25) is 0 Å². The summed E-state index contributed by atoms with van der Waals surface area (Å²) in [4.78, 5) is 0. The topological polar surface area (TPSA) is 9.23 Å². The Morgan fingerprint density at radius 3 is 2.56 bits per heavy atom. The summed E-state index contributed by atoms with van der Waals surface area (Å²) in [6.45, 7) is 2.12. The SMILES string of the molecule is BC(CCP)C(C)OC. The van der Waals surface area contributed by atoms with Crippen LogP contribution < -0.4 is 0 Å². The summed E-state index contributed by atoms with van der Waals surface area (Å²) in [5, 5.41) is 0. The van der Waals surface area contributed by atoms with E-state index in [2.05, 4.69) is 24.0 Å². The van der Waals surface area contributed by atoms with E-state index in [-0.39, 0.29) is 0 Å². The van der Waals surface area contributed by atoms with Gasteiger partial charge in [0.25, 0.3) is 0 Å². The maximum Gasteiger partial charge on any atom is 0.108 e. The fourth-order valence-corrected chi connectivity index (χ4v) is 1.26. The summed E-state index contributed by atoms with van der Waals surface area (Å²) in [6.07, 6.45) is 2.82.